The van der Waals surface area contributed by atoms with Gasteiger partial charge in [-0.15, -0.1) is 0 Å². The number of anilines is 2. The van der Waals surface area contributed by atoms with Crippen LogP contribution in [0, 0.1) is 0 Å². The number of nitrogens with one attached hydrogen (secondary N) is 2. The van der Waals surface area contributed by atoms with Gasteiger partial charge in [0, 0.05) is 30.9 Å². The van der Waals surface area contributed by atoms with Crippen LogP contribution in [-0.4, -0.2) is 51.8 Å². The molecule has 0 aliphatic heterocycles. The van der Waals surface area contributed by atoms with E-state index in [1.807, 2.05) is 30.3 Å². The van der Waals surface area contributed by atoms with Crippen LogP contribution in [0.3, 0.4) is 0 Å². The average molecular weight is 512 g/mol. The van der Waals surface area contributed by atoms with E-state index in [4.69, 9.17) is 9.47 Å². The van der Waals surface area contributed by atoms with Crippen LogP contribution in [0.5, 0.6) is 11.5 Å². The van der Waals surface area contributed by atoms with Gasteiger partial charge in [-0.25, -0.2) is 8.42 Å². The molecule has 0 bridgehead atoms. The van der Waals surface area contributed by atoms with Crippen molar-refractivity contribution in [2.24, 2.45) is 0 Å². The Morgan fingerprint density at radius 2 is 1.44 bits per heavy atom. The summed E-state index contributed by atoms with van der Waals surface area (Å²) in [5.41, 5.74) is 2.00. The van der Waals surface area contributed by atoms with E-state index in [0.29, 0.717) is 23.5 Å². The van der Waals surface area contributed by atoms with Crippen LogP contribution in [0.1, 0.15) is 12.5 Å². The topological polar surface area (TPSA) is 114 Å². The van der Waals surface area contributed by atoms with Crippen LogP contribution in [0.2, 0.25) is 0 Å². The van der Waals surface area contributed by atoms with Gasteiger partial charge in [0.25, 0.3) is 0 Å². The number of ether oxygens (including phenoxy) is 2. The molecule has 0 aliphatic carbocycles. The molecule has 9 nitrogen and oxygen atoms in total. The first-order valence-corrected chi connectivity index (χ1v) is 12.6. The van der Waals surface area contributed by atoms with Gasteiger partial charge in [0.2, 0.25) is 21.8 Å². The Balaban J connectivity index is 1.82. The number of amides is 2. The third-order valence-electron chi connectivity index (χ3n) is 5.29. The zero-order valence-electron chi connectivity index (χ0n) is 20.4. The van der Waals surface area contributed by atoms with Crippen molar-refractivity contribution in [1.29, 1.82) is 0 Å². The predicted octanol–water partition coefficient (Wildman–Crippen LogP) is 3.53. The molecule has 0 radical (unpaired) electrons. The molecule has 36 heavy (non-hydrogen) atoms. The van der Waals surface area contributed by atoms with E-state index in [1.165, 1.54) is 39.3 Å². The Labute approximate surface area is 211 Å². The van der Waals surface area contributed by atoms with Crippen molar-refractivity contribution < 1.29 is 27.5 Å². The smallest absolute Gasteiger partial charge is 0.243 e. The van der Waals surface area contributed by atoms with E-state index in [2.05, 4.69) is 10.6 Å². The third-order valence-corrected chi connectivity index (χ3v) is 7.14. The Morgan fingerprint density at radius 1 is 0.833 bits per heavy atom. The highest BCUT2D eigenvalue weighted by atomic mass is 32.2. The van der Waals surface area contributed by atoms with E-state index in [9.17, 15) is 18.0 Å². The fourth-order valence-electron chi connectivity index (χ4n) is 3.51. The minimum Gasteiger partial charge on any atom is -0.493 e. The average Bonchev–Trinajstić information content (AvgIpc) is 2.87. The van der Waals surface area contributed by atoms with Crippen molar-refractivity contribution >= 4 is 33.2 Å². The van der Waals surface area contributed by atoms with Crippen LogP contribution in [0.25, 0.3) is 0 Å². The van der Waals surface area contributed by atoms with Crippen LogP contribution in [0.15, 0.2) is 77.7 Å². The van der Waals surface area contributed by atoms with E-state index < -0.39 is 22.5 Å². The second-order valence-electron chi connectivity index (χ2n) is 7.90. The summed E-state index contributed by atoms with van der Waals surface area (Å²) >= 11 is 0. The Morgan fingerprint density at radius 3 is 2.03 bits per heavy atom. The van der Waals surface area contributed by atoms with Crippen LogP contribution in [0.4, 0.5) is 11.4 Å². The largest absolute Gasteiger partial charge is 0.493 e. The molecule has 0 aliphatic rings. The molecule has 0 fully saturated rings. The van der Waals surface area contributed by atoms with Gasteiger partial charge < -0.3 is 20.1 Å². The lowest BCUT2D eigenvalue weighted by molar-refractivity contribution is -0.116. The highest BCUT2D eigenvalue weighted by molar-refractivity contribution is 7.89. The Kier molecular flexibility index (Phi) is 9.04. The van der Waals surface area contributed by atoms with Gasteiger partial charge in [-0.2, -0.15) is 4.31 Å². The minimum absolute atomic E-state index is 0.0133. The van der Waals surface area contributed by atoms with Gasteiger partial charge in [0.05, 0.1) is 25.7 Å². The number of hydrogen-bond donors (Lipinski definition) is 2. The van der Waals surface area contributed by atoms with Crippen molar-refractivity contribution in [3.05, 3.63) is 78.4 Å². The molecule has 2 amide bonds. The van der Waals surface area contributed by atoms with Gasteiger partial charge in [-0.05, 0) is 48.4 Å². The fraction of sp³-hybridized carbons (Fsp3) is 0.231. The number of rotatable bonds is 11. The lowest BCUT2D eigenvalue weighted by atomic mass is 10.1. The third kappa shape index (κ3) is 7.06. The molecule has 0 aromatic heterocycles. The van der Waals surface area contributed by atoms with E-state index in [1.54, 1.807) is 24.3 Å². The Hall–Kier alpha value is -3.89. The summed E-state index contributed by atoms with van der Waals surface area (Å²) in [7, 11) is -1.16. The van der Waals surface area contributed by atoms with Crippen molar-refractivity contribution in [2.45, 2.75) is 18.2 Å². The first-order valence-electron chi connectivity index (χ1n) is 11.2. The predicted molar refractivity (Wildman–Crippen MR) is 138 cm³/mol. The van der Waals surface area contributed by atoms with Gasteiger partial charge in [-0.3, -0.25) is 9.59 Å². The second-order valence-corrected chi connectivity index (χ2v) is 9.84. The monoisotopic (exact) mass is 511 g/mol. The van der Waals surface area contributed by atoms with Gasteiger partial charge >= 0.3 is 0 Å². The summed E-state index contributed by atoms with van der Waals surface area (Å²) in [6.07, 6.45) is 0.423. The number of carbonyl (C=O) groups is 2. The number of sulfonamides is 1. The molecule has 0 saturated heterocycles. The lowest BCUT2D eigenvalue weighted by Crippen LogP contribution is -2.39. The maximum Gasteiger partial charge on any atom is 0.243 e. The molecule has 3 rings (SSSR count). The molecule has 190 valence electrons. The number of benzene rings is 3. The number of hydrogen-bond acceptors (Lipinski definition) is 6. The summed E-state index contributed by atoms with van der Waals surface area (Å²) in [5.74, 6) is -0.0429. The molecule has 2 N–H and O–H groups in total. The summed E-state index contributed by atoms with van der Waals surface area (Å²) in [6, 6.07) is 20.3. The highest BCUT2D eigenvalue weighted by Crippen LogP contribution is 2.30. The van der Waals surface area contributed by atoms with E-state index in [-0.39, 0.29) is 23.1 Å². The first kappa shape index (κ1) is 26.7. The standard InChI is InChI=1S/C26H29N3O6S/c1-19(30)27-21-9-11-22(12-10-21)28-26(31)18-29(16-15-20-7-5-4-6-8-20)36(32,33)23-13-14-24(34-2)25(17-23)35-3/h4-14,17H,15-16,18H2,1-3H3,(H,27,30)(H,28,31). The van der Waals surface area contributed by atoms with Crippen molar-refractivity contribution in [1.82, 2.24) is 4.31 Å². The van der Waals surface area contributed by atoms with Crippen LogP contribution in [-0.2, 0) is 26.0 Å². The fourth-order valence-corrected chi connectivity index (χ4v) is 4.92. The normalized spacial score (nSPS) is 11.1. The van der Waals surface area contributed by atoms with E-state index in [0.717, 1.165) is 9.87 Å². The zero-order chi connectivity index (χ0) is 26.1. The molecule has 0 heterocycles. The summed E-state index contributed by atoms with van der Waals surface area (Å²) in [5, 5.41) is 5.36. The molecule has 10 heteroatoms. The molecule has 0 unspecified atom stereocenters. The quantitative estimate of drug-likeness (QED) is 0.407. The van der Waals surface area contributed by atoms with Crippen LogP contribution >= 0.6 is 0 Å². The summed E-state index contributed by atoms with van der Waals surface area (Å²) in [4.78, 5) is 24.0. The molecular weight excluding hydrogens is 482 g/mol. The second kappa shape index (κ2) is 12.2. The maximum atomic E-state index is 13.6. The number of methoxy groups -OCH3 is 2. The van der Waals surface area contributed by atoms with Crippen molar-refractivity contribution in [3.63, 3.8) is 0 Å². The Bertz CT molecular complexity index is 1300. The number of carbonyl (C=O) groups excluding carboxylic acids is 2. The van der Waals surface area contributed by atoms with Crippen LogP contribution < -0.4 is 20.1 Å². The van der Waals surface area contributed by atoms with E-state index >= 15 is 0 Å². The van der Waals surface area contributed by atoms with Gasteiger partial charge in [-0.1, -0.05) is 30.3 Å². The molecule has 0 saturated carbocycles. The molecule has 0 atom stereocenters. The van der Waals surface area contributed by atoms with Crippen molar-refractivity contribution in [2.75, 3.05) is 37.9 Å². The lowest BCUT2D eigenvalue weighted by Gasteiger charge is -2.22. The molecule has 3 aromatic rings. The minimum atomic E-state index is -4.05. The zero-order valence-corrected chi connectivity index (χ0v) is 21.2. The molecule has 0 spiro atoms. The summed E-state index contributed by atoms with van der Waals surface area (Å²) < 4.78 is 38.7. The molecular formula is C26H29N3O6S. The SMILES string of the molecule is COc1ccc(S(=O)(=O)N(CCc2ccccc2)CC(=O)Nc2ccc(NC(C)=O)cc2)cc1OC. The number of nitrogens with zero attached hydrogens (tertiary/aromatic N) is 1. The summed E-state index contributed by atoms with van der Waals surface area (Å²) in [6.45, 7) is 1.10. The maximum absolute atomic E-state index is 13.6. The van der Waals surface area contributed by atoms with Gasteiger partial charge in [0.1, 0.15) is 0 Å². The van der Waals surface area contributed by atoms with Crippen molar-refractivity contribution in [3.8, 4) is 11.5 Å². The first-order chi connectivity index (χ1) is 17.2. The highest BCUT2D eigenvalue weighted by Gasteiger charge is 2.28. The molecule has 3 aromatic carbocycles. The van der Waals surface area contributed by atoms with Gasteiger partial charge in [0.15, 0.2) is 11.5 Å².